The third kappa shape index (κ3) is 4.81. The van der Waals surface area contributed by atoms with Crippen LogP contribution in [0.5, 0.6) is 0 Å². The SMILES string of the molecule is CO.Nc1ccc(Cc2ccc(NC=O)cc2)cc1. The fourth-order valence-corrected chi connectivity index (χ4v) is 1.66. The molecule has 0 saturated carbocycles. The second-order valence-electron chi connectivity index (χ2n) is 3.88. The molecule has 2 aromatic rings. The zero-order valence-corrected chi connectivity index (χ0v) is 10.8. The quantitative estimate of drug-likeness (QED) is 0.580. The van der Waals surface area contributed by atoms with Crippen LogP contribution >= 0.6 is 0 Å². The minimum Gasteiger partial charge on any atom is -0.400 e. The molecule has 0 aliphatic heterocycles. The molecule has 19 heavy (non-hydrogen) atoms. The van der Waals surface area contributed by atoms with Crippen LogP contribution in [0.15, 0.2) is 48.5 Å². The first-order valence-corrected chi connectivity index (χ1v) is 5.86. The maximum atomic E-state index is 10.3. The van der Waals surface area contributed by atoms with Gasteiger partial charge in [0.15, 0.2) is 0 Å². The summed E-state index contributed by atoms with van der Waals surface area (Å²) >= 11 is 0. The molecule has 0 radical (unpaired) electrons. The molecule has 0 aliphatic carbocycles. The van der Waals surface area contributed by atoms with Gasteiger partial charge in [-0.3, -0.25) is 4.79 Å². The second-order valence-corrected chi connectivity index (χ2v) is 3.88. The molecule has 0 unspecified atom stereocenters. The van der Waals surface area contributed by atoms with Crippen molar-refractivity contribution in [3.05, 3.63) is 59.7 Å². The molecule has 4 N–H and O–H groups in total. The monoisotopic (exact) mass is 258 g/mol. The van der Waals surface area contributed by atoms with Gasteiger partial charge in [0.25, 0.3) is 0 Å². The van der Waals surface area contributed by atoms with E-state index in [9.17, 15) is 4.79 Å². The molecule has 0 fully saturated rings. The summed E-state index contributed by atoms with van der Waals surface area (Å²) in [5.41, 5.74) is 9.63. The van der Waals surface area contributed by atoms with Gasteiger partial charge in [-0.25, -0.2) is 0 Å². The largest absolute Gasteiger partial charge is 0.400 e. The second kappa shape index (κ2) is 7.89. The Kier molecular flexibility index (Phi) is 6.12. The standard InChI is InChI=1S/C14H14N2O.CH4O/c15-13-5-1-11(2-6-13)9-12-3-7-14(8-4-12)16-10-17;1-2/h1-8,10H,9,15H2,(H,16,17);2H,1H3. The summed E-state index contributed by atoms with van der Waals surface area (Å²) in [5.74, 6) is 0. The molecule has 100 valence electrons. The van der Waals surface area contributed by atoms with Crippen LogP contribution in [0.4, 0.5) is 11.4 Å². The van der Waals surface area contributed by atoms with Crippen molar-refractivity contribution >= 4 is 17.8 Å². The lowest BCUT2D eigenvalue weighted by Gasteiger charge is -2.04. The summed E-state index contributed by atoms with van der Waals surface area (Å²) in [6.45, 7) is 0. The van der Waals surface area contributed by atoms with Crippen LogP contribution in [0.3, 0.4) is 0 Å². The Hall–Kier alpha value is -2.33. The highest BCUT2D eigenvalue weighted by atomic mass is 16.2. The Morgan fingerprint density at radius 2 is 1.47 bits per heavy atom. The first-order valence-electron chi connectivity index (χ1n) is 5.86. The number of nitrogens with one attached hydrogen (secondary N) is 1. The Labute approximate surface area is 112 Å². The van der Waals surface area contributed by atoms with Crippen LogP contribution < -0.4 is 11.1 Å². The number of hydrogen-bond donors (Lipinski definition) is 3. The van der Waals surface area contributed by atoms with Gasteiger partial charge in [0.2, 0.25) is 6.41 Å². The normalized spacial score (nSPS) is 9.16. The lowest BCUT2D eigenvalue weighted by molar-refractivity contribution is -0.105. The maximum Gasteiger partial charge on any atom is 0.211 e. The topological polar surface area (TPSA) is 75.3 Å². The zero-order valence-electron chi connectivity index (χ0n) is 10.8. The van der Waals surface area contributed by atoms with Gasteiger partial charge in [0.1, 0.15) is 0 Å². The predicted octanol–water partition coefficient (Wildman–Crippen LogP) is 2.04. The molecule has 1 amide bonds. The van der Waals surface area contributed by atoms with Crippen molar-refractivity contribution in [3.8, 4) is 0 Å². The maximum absolute atomic E-state index is 10.3. The smallest absolute Gasteiger partial charge is 0.211 e. The van der Waals surface area contributed by atoms with E-state index in [2.05, 4.69) is 5.32 Å². The molecule has 0 aliphatic rings. The minimum atomic E-state index is 0.676. The number of benzene rings is 2. The van der Waals surface area contributed by atoms with E-state index < -0.39 is 0 Å². The van der Waals surface area contributed by atoms with Gasteiger partial charge >= 0.3 is 0 Å². The van der Waals surface area contributed by atoms with Gasteiger partial charge < -0.3 is 16.2 Å². The van der Waals surface area contributed by atoms with Crippen molar-refractivity contribution in [2.45, 2.75) is 6.42 Å². The molecule has 2 rings (SSSR count). The summed E-state index contributed by atoms with van der Waals surface area (Å²) < 4.78 is 0. The van der Waals surface area contributed by atoms with E-state index in [-0.39, 0.29) is 0 Å². The van der Waals surface area contributed by atoms with Gasteiger partial charge in [-0.2, -0.15) is 0 Å². The number of hydrogen-bond acceptors (Lipinski definition) is 3. The molecule has 0 saturated heterocycles. The van der Waals surface area contributed by atoms with Crippen molar-refractivity contribution in [2.75, 3.05) is 18.2 Å². The Bertz CT molecular complexity index is 493. The first kappa shape index (κ1) is 14.7. The molecule has 2 aromatic carbocycles. The third-order valence-electron chi connectivity index (χ3n) is 2.57. The molecular formula is C15H18N2O2. The van der Waals surface area contributed by atoms with Crippen molar-refractivity contribution < 1.29 is 9.90 Å². The van der Waals surface area contributed by atoms with Crippen LogP contribution in [0, 0.1) is 0 Å². The summed E-state index contributed by atoms with van der Waals surface area (Å²) in [6.07, 6.45) is 1.54. The average molecular weight is 258 g/mol. The van der Waals surface area contributed by atoms with Crippen molar-refractivity contribution in [3.63, 3.8) is 0 Å². The molecule has 0 atom stereocenters. The lowest BCUT2D eigenvalue weighted by atomic mass is 10.0. The van der Waals surface area contributed by atoms with Gasteiger partial charge in [-0.1, -0.05) is 24.3 Å². The van der Waals surface area contributed by atoms with Gasteiger partial charge in [-0.15, -0.1) is 0 Å². The van der Waals surface area contributed by atoms with E-state index in [1.54, 1.807) is 0 Å². The Balaban J connectivity index is 0.000000861. The number of rotatable bonds is 4. The zero-order chi connectivity index (χ0) is 14.1. The van der Waals surface area contributed by atoms with Crippen LogP contribution in [0.2, 0.25) is 0 Å². The summed E-state index contributed by atoms with van der Waals surface area (Å²) in [4.78, 5) is 10.3. The van der Waals surface area contributed by atoms with E-state index in [0.717, 1.165) is 24.9 Å². The van der Waals surface area contributed by atoms with E-state index in [4.69, 9.17) is 10.8 Å². The molecule has 4 heteroatoms. The number of carbonyl (C=O) groups excluding carboxylic acids is 1. The number of carbonyl (C=O) groups is 1. The first-order chi connectivity index (χ1) is 9.28. The van der Waals surface area contributed by atoms with Gasteiger partial charge in [0.05, 0.1) is 0 Å². The molecule has 0 heterocycles. The van der Waals surface area contributed by atoms with Crippen molar-refractivity contribution in [1.29, 1.82) is 0 Å². The van der Waals surface area contributed by atoms with Crippen molar-refractivity contribution in [2.24, 2.45) is 0 Å². The summed E-state index contributed by atoms with van der Waals surface area (Å²) in [6, 6.07) is 15.6. The Morgan fingerprint density at radius 1 is 1.00 bits per heavy atom. The third-order valence-corrected chi connectivity index (χ3v) is 2.57. The van der Waals surface area contributed by atoms with Gasteiger partial charge in [-0.05, 0) is 41.8 Å². The number of nitrogens with two attached hydrogens (primary N) is 1. The van der Waals surface area contributed by atoms with E-state index >= 15 is 0 Å². The van der Waals surface area contributed by atoms with E-state index in [0.29, 0.717) is 6.41 Å². The van der Waals surface area contributed by atoms with Crippen molar-refractivity contribution in [1.82, 2.24) is 0 Å². The predicted molar refractivity (Wildman–Crippen MR) is 77.9 cm³/mol. The molecule has 0 spiro atoms. The Morgan fingerprint density at radius 3 is 1.95 bits per heavy atom. The molecule has 4 nitrogen and oxygen atoms in total. The summed E-state index contributed by atoms with van der Waals surface area (Å²) in [5, 5.41) is 9.61. The van der Waals surface area contributed by atoms with E-state index in [1.165, 1.54) is 11.1 Å². The van der Waals surface area contributed by atoms with E-state index in [1.807, 2.05) is 48.5 Å². The lowest BCUT2D eigenvalue weighted by Crippen LogP contribution is -1.94. The van der Waals surface area contributed by atoms with Crippen LogP contribution in [-0.2, 0) is 11.2 Å². The summed E-state index contributed by atoms with van der Waals surface area (Å²) in [7, 11) is 1.00. The molecule has 0 bridgehead atoms. The number of aliphatic hydroxyl groups is 1. The average Bonchev–Trinajstić information content (AvgIpc) is 2.46. The highest BCUT2D eigenvalue weighted by Gasteiger charge is 1.97. The van der Waals surface area contributed by atoms with Gasteiger partial charge in [0, 0.05) is 18.5 Å². The number of nitrogen functional groups attached to an aromatic ring is 1. The van der Waals surface area contributed by atoms with Crippen LogP contribution in [0.25, 0.3) is 0 Å². The number of anilines is 2. The number of aliphatic hydroxyl groups excluding tert-OH is 1. The fourth-order valence-electron chi connectivity index (χ4n) is 1.66. The molecule has 0 aromatic heterocycles. The minimum absolute atomic E-state index is 0.676. The number of amides is 1. The van der Waals surface area contributed by atoms with Crippen LogP contribution in [-0.4, -0.2) is 18.6 Å². The highest BCUT2D eigenvalue weighted by molar-refractivity contribution is 5.71. The van der Waals surface area contributed by atoms with Crippen LogP contribution in [0.1, 0.15) is 11.1 Å². The highest BCUT2D eigenvalue weighted by Crippen LogP contribution is 2.14. The molecular weight excluding hydrogens is 240 g/mol. The fraction of sp³-hybridized carbons (Fsp3) is 0.133.